The maximum Gasteiger partial charge on any atom is 0.282 e. The quantitative estimate of drug-likeness (QED) is 0.498. The number of anilines is 2. The Morgan fingerprint density at radius 1 is 0.897 bits per heavy atom. The smallest absolute Gasteiger partial charge is 0.282 e. The third-order valence-electron chi connectivity index (χ3n) is 4.73. The summed E-state index contributed by atoms with van der Waals surface area (Å²) in [5.74, 6) is -0.864. The summed E-state index contributed by atoms with van der Waals surface area (Å²) in [4.78, 5) is 28.4. The van der Waals surface area contributed by atoms with Gasteiger partial charge in [-0.2, -0.15) is 0 Å². The van der Waals surface area contributed by atoms with E-state index in [0.717, 1.165) is 21.7 Å². The number of halogens is 2. The number of benzene rings is 2. The van der Waals surface area contributed by atoms with Crippen molar-refractivity contribution >= 4 is 63.3 Å². The van der Waals surface area contributed by atoms with Crippen LogP contribution < -0.4 is 10.2 Å². The van der Waals surface area contributed by atoms with Gasteiger partial charge in [0.2, 0.25) is 0 Å². The number of hydrogen-bond donors (Lipinski definition) is 1. The van der Waals surface area contributed by atoms with Gasteiger partial charge in [0, 0.05) is 20.6 Å². The molecule has 1 aliphatic heterocycles. The topological polar surface area (TPSA) is 49.4 Å². The molecular formula is C22H16Cl2N2O2S. The van der Waals surface area contributed by atoms with Crippen LogP contribution in [0.4, 0.5) is 11.4 Å². The highest BCUT2D eigenvalue weighted by Crippen LogP contribution is 2.37. The molecular weight excluding hydrogens is 427 g/mol. The molecule has 1 aliphatic rings. The van der Waals surface area contributed by atoms with E-state index in [0.29, 0.717) is 26.2 Å². The summed E-state index contributed by atoms with van der Waals surface area (Å²) in [6.07, 6.45) is 0. The first-order valence-electron chi connectivity index (χ1n) is 8.82. The highest BCUT2D eigenvalue weighted by Gasteiger charge is 2.41. The minimum absolute atomic E-state index is 0.233. The summed E-state index contributed by atoms with van der Waals surface area (Å²) in [7, 11) is 0. The van der Waals surface area contributed by atoms with Crippen LogP contribution in [0, 0.1) is 13.8 Å². The Morgan fingerprint density at radius 3 is 2.24 bits per heavy atom. The van der Waals surface area contributed by atoms with Gasteiger partial charge in [-0.3, -0.25) is 9.59 Å². The summed E-state index contributed by atoms with van der Waals surface area (Å²) in [5.41, 5.74) is 3.87. The van der Waals surface area contributed by atoms with Gasteiger partial charge in [-0.05, 0) is 66.8 Å². The number of hydrogen-bond acceptors (Lipinski definition) is 4. The number of carbonyl (C=O) groups is 2. The number of aryl methyl sites for hydroxylation is 2. The predicted molar refractivity (Wildman–Crippen MR) is 120 cm³/mol. The number of thiophene rings is 1. The fourth-order valence-electron chi connectivity index (χ4n) is 3.16. The van der Waals surface area contributed by atoms with Crippen molar-refractivity contribution in [1.29, 1.82) is 0 Å². The molecule has 0 atom stereocenters. The van der Waals surface area contributed by atoms with Crippen LogP contribution in [-0.2, 0) is 9.59 Å². The van der Waals surface area contributed by atoms with Gasteiger partial charge in [-0.1, -0.05) is 35.3 Å². The average Bonchev–Trinajstić information content (AvgIpc) is 3.24. The van der Waals surface area contributed by atoms with Gasteiger partial charge in [0.15, 0.2) is 0 Å². The predicted octanol–water partition coefficient (Wildman–Crippen LogP) is 6.07. The second-order valence-electron chi connectivity index (χ2n) is 6.72. The molecule has 2 heterocycles. The summed E-state index contributed by atoms with van der Waals surface area (Å²) in [6, 6.07) is 14.1. The Kier molecular flexibility index (Phi) is 5.21. The molecule has 7 heteroatoms. The zero-order valence-corrected chi connectivity index (χ0v) is 18.0. The van der Waals surface area contributed by atoms with Gasteiger partial charge >= 0.3 is 0 Å². The van der Waals surface area contributed by atoms with Crippen LogP contribution >= 0.6 is 34.5 Å². The van der Waals surface area contributed by atoms with Crippen molar-refractivity contribution in [1.82, 2.24) is 0 Å². The summed E-state index contributed by atoms with van der Waals surface area (Å²) < 4.78 is 0. The average molecular weight is 443 g/mol. The Hall–Kier alpha value is -2.60. The highest BCUT2D eigenvalue weighted by atomic mass is 35.5. The Labute approximate surface area is 182 Å². The van der Waals surface area contributed by atoms with Crippen LogP contribution in [0.25, 0.3) is 5.57 Å². The van der Waals surface area contributed by atoms with Gasteiger partial charge in [0.1, 0.15) is 5.70 Å². The molecule has 0 saturated carbocycles. The molecule has 0 saturated heterocycles. The first-order chi connectivity index (χ1) is 13.8. The lowest BCUT2D eigenvalue weighted by Gasteiger charge is -2.16. The Bertz CT molecular complexity index is 1150. The van der Waals surface area contributed by atoms with Crippen LogP contribution in [-0.4, -0.2) is 11.8 Å². The third-order valence-corrected chi connectivity index (χ3v) is 6.06. The van der Waals surface area contributed by atoms with Crippen LogP contribution in [0.2, 0.25) is 10.0 Å². The van der Waals surface area contributed by atoms with Crippen molar-refractivity contribution in [3.05, 3.63) is 85.7 Å². The van der Waals surface area contributed by atoms with E-state index in [1.54, 1.807) is 18.2 Å². The minimum Gasteiger partial charge on any atom is -0.350 e. The molecule has 0 bridgehead atoms. The van der Waals surface area contributed by atoms with Crippen molar-refractivity contribution in [2.75, 3.05) is 10.2 Å². The number of nitrogens with one attached hydrogen (secondary N) is 1. The maximum atomic E-state index is 13.3. The highest BCUT2D eigenvalue weighted by molar-refractivity contribution is 7.11. The summed E-state index contributed by atoms with van der Waals surface area (Å²) >= 11 is 13.6. The van der Waals surface area contributed by atoms with E-state index in [1.165, 1.54) is 11.3 Å². The number of imide groups is 1. The lowest BCUT2D eigenvalue weighted by molar-refractivity contribution is -0.120. The van der Waals surface area contributed by atoms with Crippen LogP contribution in [0.5, 0.6) is 0 Å². The van der Waals surface area contributed by atoms with E-state index >= 15 is 0 Å². The van der Waals surface area contributed by atoms with Gasteiger partial charge < -0.3 is 5.32 Å². The second kappa shape index (κ2) is 7.67. The van der Waals surface area contributed by atoms with Gasteiger partial charge in [-0.15, -0.1) is 11.3 Å². The standard InChI is InChI=1S/C22H16Cl2N2O2S/c1-12-5-6-16(8-13(12)2)25-20-19(18-4-3-7-29-18)21(27)26(22(20)28)17-10-14(23)9-15(24)11-17/h3-11,25H,1-2H3. The molecule has 0 fully saturated rings. The molecule has 0 aliphatic carbocycles. The monoisotopic (exact) mass is 442 g/mol. The molecule has 0 unspecified atom stereocenters. The van der Waals surface area contributed by atoms with Crippen molar-refractivity contribution in [3.8, 4) is 0 Å². The molecule has 29 heavy (non-hydrogen) atoms. The van der Waals surface area contributed by atoms with Gasteiger partial charge in [0.05, 0.1) is 11.3 Å². The molecule has 4 nitrogen and oxygen atoms in total. The van der Waals surface area contributed by atoms with Crippen LogP contribution in [0.1, 0.15) is 16.0 Å². The van der Waals surface area contributed by atoms with E-state index in [-0.39, 0.29) is 5.70 Å². The molecule has 2 amide bonds. The first-order valence-corrected chi connectivity index (χ1v) is 10.5. The number of amides is 2. The van der Waals surface area contributed by atoms with E-state index in [9.17, 15) is 9.59 Å². The number of nitrogens with zero attached hydrogens (tertiary/aromatic N) is 1. The fourth-order valence-corrected chi connectivity index (χ4v) is 4.44. The minimum atomic E-state index is -0.449. The number of carbonyl (C=O) groups excluding carboxylic acids is 2. The van der Waals surface area contributed by atoms with Crippen molar-refractivity contribution in [2.24, 2.45) is 0 Å². The van der Waals surface area contributed by atoms with E-state index in [4.69, 9.17) is 23.2 Å². The lowest BCUT2D eigenvalue weighted by atomic mass is 10.1. The zero-order valence-electron chi connectivity index (χ0n) is 15.6. The third kappa shape index (κ3) is 3.69. The maximum absolute atomic E-state index is 13.3. The molecule has 4 rings (SSSR count). The largest absolute Gasteiger partial charge is 0.350 e. The lowest BCUT2D eigenvalue weighted by Crippen LogP contribution is -2.32. The molecule has 0 spiro atoms. The van der Waals surface area contributed by atoms with Crippen molar-refractivity contribution in [3.63, 3.8) is 0 Å². The number of rotatable bonds is 4. The van der Waals surface area contributed by atoms with Crippen molar-refractivity contribution < 1.29 is 9.59 Å². The summed E-state index contributed by atoms with van der Waals surface area (Å²) in [5, 5.41) is 5.73. The van der Waals surface area contributed by atoms with Crippen LogP contribution in [0.3, 0.4) is 0 Å². The molecule has 0 radical (unpaired) electrons. The Balaban J connectivity index is 1.81. The molecule has 1 aromatic heterocycles. The van der Waals surface area contributed by atoms with E-state index in [2.05, 4.69) is 5.32 Å². The summed E-state index contributed by atoms with van der Waals surface area (Å²) in [6.45, 7) is 4.02. The fraction of sp³-hybridized carbons (Fsp3) is 0.0909. The second-order valence-corrected chi connectivity index (χ2v) is 8.55. The zero-order chi connectivity index (χ0) is 20.7. The molecule has 2 aromatic carbocycles. The normalized spacial score (nSPS) is 14.1. The Morgan fingerprint density at radius 2 is 1.62 bits per heavy atom. The van der Waals surface area contributed by atoms with Crippen molar-refractivity contribution in [2.45, 2.75) is 13.8 Å². The van der Waals surface area contributed by atoms with E-state index in [1.807, 2.05) is 49.6 Å². The molecule has 1 N–H and O–H groups in total. The molecule has 3 aromatic rings. The van der Waals surface area contributed by atoms with Gasteiger partial charge in [0.25, 0.3) is 11.8 Å². The molecule has 146 valence electrons. The van der Waals surface area contributed by atoms with Crippen LogP contribution in [0.15, 0.2) is 59.6 Å². The first kappa shape index (κ1) is 19.7. The SMILES string of the molecule is Cc1ccc(NC2=C(c3cccs3)C(=O)N(c3cc(Cl)cc(Cl)c3)C2=O)cc1C. The van der Waals surface area contributed by atoms with Gasteiger partial charge in [-0.25, -0.2) is 4.90 Å². The van der Waals surface area contributed by atoms with E-state index < -0.39 is 11.8 Å².